The van der Waals surface area contributed by atoms with Crippen molar-refractivity contribution >= 4 is 5.91 Å². The van der Waals surface area contributed by atoms with Gasteiger partial charge in [-0.05, 0) is 42.5 Å². The van der Waals surface area contributed by atoms with Gasteiger partial charge >= 0.3 is 0 Å². The van der Waals surface area contributed by atoms with Crippen LogP contribution in [0.1, 0.15) is 30.4 Å². The minimum absolute atomic E-state index is 0.0962. The maximum Gasteiger partial charge on any atom is 0.227 e. The lowest BCUT2D eigenvalue weighted by Gasteiger charge is -2.31. The Morgan fingerprint density at radius 2 is 2.17 bits per heavy atom. The van der Waals surface area contributed by atoms with Crippen LogP contribution in [0.3, 0.4) is 0 Å². The summed E-state index contributed by atoms with van der Waals surface area (Å²) in [6.07, 6.45) is 9.90. The maximum absolute atomic E-state index is 12.1. The summed E-state index contributed by atoms with van der Waals surface area (Å²) in [6.45, 7) is 2.18. The number of likely N-dealkylation sites (tertiary alicyclic amines) is 1. The molecule has 0 bridgehead atoms. The number of nitriles is 1. The van der Waals surface area contributed by atoms with E-state index >= 15 is 0 Å². The molecule has 0 radical (unpaired) electrons. The second kappa shape index (κ2) is 7.15. The number of allylic oxidation sites excluding steroid dienone is 2. The van der Waals surface area contributed by atoms with Gasteiger partial charge in [0.2, 0.25) is 5.91 Å². The third kappa shape index (κ3) is 3.81. The molecule has 4 heteroatoms. The molecule has 1 aromatic rings. The maximum atomic E-state index is 12.1. The lowest BCUT2D eigenvalue weighted by molar-refractivity contribution is -0.133. The summed E-state index contributed by atoms with van der Waals surface area (Å²) >= 11 is 0. The molecule has 23 heavy (non-hydrogen) atoms. The van der Waals surface area contributed by atoms with Crippen LogP contribution in [0.15, 0.2) is 42.0 Å². The van der Waals surface area contributed by atoms with Gasteiger partial charge in [0.25, 0.3) is 0 Å². The smallest absolute Gasteiger partial charge is 0.227 e. The van der Waals surface area contributed by atoms with Crippen molar-refractivity contribution < 1.29 is 9.53 Å². The Balaban J connectivity index is 1.64. The molecule has 3 rings (SSSR count). The average molecular weight is 308 g/mol. The van der Waals surface area contributed by atoms with Crippen LogP contribution < -0.4 is 4.74 Å². The van der Waals surface area contributed by atoms with E-state index in [1.165, 1.54) is 0 Å². The molecular formula is C19H20N2O2. The summed E-state index contributed by atoms with van der Waals surface area (Å²) in [4.78, 5) is 13.9. The molecule has 0 N–H and O–H groups in total. The number of carbonyl (C=O) groups excluding carboxylic acids is 1. The molecule has 4 nitrogen and oxygen atoms in total. The highest BCUT2D eigenvalue weighted by molar-refractivity contribution is 5.80. The number of ether oxygens (including phenoxy) is 1. The van der Waals surface area contributed by atoms with E-state index in [4.69, 9.17) is 4.74 Å². The third-order valence-corrected chi connectivity index (χ3v) is 4.23. The van der Waals surface area contributed by atoms with E-state index < -0.39 is 0 Å². The van der Waals surface area contributed by atoms with Gasteiger partial charge in [-0.15, -0.1) is 0 Å². The molecule has 0 atom stereocenters. The molecule has 1 saturated heterocycles. The van der Waals surface area contributed by atoms with Crippen molar-refractivity contribution in [1.29, 1.82) is 5.26 Å². The van der Waals surface area contributed by atoms with Gasteiger partial charge in [-0.25, -0.2) is 0 Å². The van der Waals surface area contributed by atoms with Crippen LogP contribution in [0, 0.1) is 11.3 Å². The number of carbonyl (C=O) groups is 1. The van der Waals surface area contributed by atoms with Crippen LogP contribution in [0.25, 0.3) is 0 Å². The predicted octanol–water partition coefficient (Wildman–Crippen LogP) is 2.99. The minimum Gasteiger partial charge on any atom is -0.489 e. The standard InChI is InChI=1S/C19H20N2O2/c20-13-17-11-18(23-14-15-5-2-1-3-6-15)8-7-16(17)12-19(22)21-9-4-10-21/h2,5-8,11H,1,3-4,9-10,12,14H2. The predicted molar refractivity (Wildman–Crippen MR) is 88.0 cm³/mol. The Labute approximate surface area is 136 Å². The number of amides is 1. The quantitative estimate of drug-likeness (QED) is 0.840. The SMILES string of the molecule is N#Cc1cc(OCC2=CCCC=C2)ccc1CC(=O)N1CCC1. The average Bonchev–Trinajstić information content (AvgIpc) is 2.53. The zero-order valence-electron chi connectivity index (χ0n) is 13.1. The zero-order chi connectivity index (χ0) is 16.1. The van der Waals surface area contributed by atoms with Crippen LogP contribution in [0.5, 0.6) is 5.75 Å². The van der Waals surface area contributed by atoms with Gasteiger partial charge in [0.05, 0.1) is 18.1 Å². The van der Waals surface area contributed by atoms with Gasteiger partial charge in [0.15, 0.2) is 0 Å². The largest absolute Gasteiger partial charge is 0.489 e. The molecule has 1 amide bonds. The highest BCUT2D eigenvalue weighted by Gasteiger charge is 2.21. The molecule has 0 aromatic heterocycles. The number of hydrogen-bond acceptors (Lipinski definition) is 3. The fraction of sp³-hybridized carbons (Fsp3) is 0.368. The summed E-state index contributed by atoms with van der Waals surface area (Å²) in [5.74, 6) is 0.764. The van der Waals surface area contributed by atoms with Gasteiger partial charge in [-0.3, -0.25) is 4.79 Å². The number of nitrogens with zero attached hydrogens (tertiary/aromatic N) is 2. The molecule has 0 unspecified atom stereocenters. The first-order valence-corrected chi connectivity index (χ1v) is 8.05. The second-order valence-corrected chi connectivity index (χ2v) is 5.89. The molecule has 1 fully saturated rings. The first-order valence-electron chi connectivity index (χ1n) is 8.05. The molecule has 1 heterocycles. The molecule has 118 valence electrons. The Morgan fingerprint density at radius 3 is 2.83 bits per heavy atom. The van der Waals surface area contributed by atoms with Gasteiger partial charge in [-0.1, -0.05) is 24.3 Å². The van der Waals surface area contributed by atoms with E-state index in [0.29, 0.717) is 17.9 Å². The summed E-state index contributed by atoms with van der Waals surface area (Å²) in [7, 11) is 0. The Kier molecular flexibility index (Phi) is 4.77. The Hall–Kier alpha value is -2.54. The number of rotatable bonds is 5. The van der Waals surface area contributed by atoms with Gasteiger partial charge in [0, 0.05) is 13.1 Å². The Bertz CT molecular complexity index is 694. The molecular weight excluding hydrogens is 288 g/mol. The van der Waals surface area contributed by atoms with Crippen molar-refractivity contribution in [1.82, 2.24) is 4.90 Å². The minimum atomic E-state index is 0.0962. The first-order chi connectivity index (χ1) is 11.3. The second-order valence-electron chi connectivity index (χ2n) is 5.89. The molecule has 1 aliphatic carbocycles. The molecule has 2 aliphatic rings. The third-order valence-electron chi connectivity index (χ3n) is 4.23. The van der Waals surface area contributed by atoms with E-state index in [0.717, 1.165) is 43.5 Å². The van der Waals surface area contributed by atoms with Gasteiger partial charge in [0.1, 0.15) is 12.4 Å². The van der Waals surface area contributed by atoms with E-state index in [-0.39, 0.29) is 12.3 Å². The summed E-state index contributed by atoms with van der Waals surface area (Å²) in [5.41, 5.74) is 2.45. The fourth-order valence-corrected chi connectivity index (χ4v) is 2.69. The first kappa shape index (κ1) is 15.4. The lowest BCUT2D eigenvalue weighted by atomic mass is 10.0. The summed E-state index contributed by atoms with van der Waals surface area (Å²) in [5, 5.41) is 9.33. The lowest BCUT2D eigenvalue weighted by Crippen LogP contribution is -2.42. The molecule has 0 saturated carbocycles. The normalized spacial score (nSPS) is 16.3. The highest BCUT2D eigenvalue weighted by atomic mass is 16.5. The summed E-state index contributed by atoms with van der Waals surface area (Å²) < 4.78 is 5.76. The van der Waals surface area contributed by atoms with E-state index in [1.54, 1.807) is 6.07 Å². The number of hydrogen-bond donors (Lipinski definition) is 0. The fourth-order valence-electron chi connectivity index (χ4n) is 2.69. The zero-order valence-corrected chi connectivity index (χ0v) is 13.1. The van der Waals surface area contributed by atoms with Crippen molar-refractivity contribution in [2.24, 2.45) is 0 Å². The van der Waals surface area contributed by atoms with Crippen LogP contribution in [-0.2, 0) is 11.2 Å². The van der Waals surface area contributed by atoms with Crippen molar-refractivity contribution in [3.63, 3.8) is 0 Å². The van der Waals surface area contributed by atoms with Crippen LogP contribution in [0.4, 0.5) is 0 Å². The monoisotopic (exact) mass is 308 g/mol. The van der Waals surface area contributed by atoms with E-state index in [9.17, 15) is 10.1 Å². The van der Waals surface area contributed by atoms with Crippen molar-refractivity contribution in [3.05, 3.63) is 53.1 Å². The van der Waals surface area contributed by atoms with Crippen LogP contribution in [0.2, 0.25) is 0 Å². The molecule has 1 aromatic carbocycles. The van der Waals surface area contributed by atoms with Crippen LogP contribution in [-0.4, -0.2) is 30.5 Å². The van der Waals surface area contributed by atoms with E-state index in [2.05, 4.69) is 24.3 Å². The van der Waals surface area contributed by atoms with Gasteiger partial charge in [-0.2, -0.15) is 5.26 Å². The highest BCUT2D eigenvalue weighted by Crippen LogP contribution is 2.21. The van der Waals surface area contributed by atoms with Crippen LogP contribution >= 0.6 is 0 Å². The van der Waals surface area contributed by atoms with Crippen molar-refractivity contribution in [2.75, 3.05) is 19.7 Å². The number of benzene rings is 1. The Morgan fingerprint density at radius 1 is 1.30 bits per heavy atom. The molecule has 1 aliphatic heterocycles. The topological polar surface area (TPSA) is 53.3 Å². The van der Waals surface area contributed by atoms with E-state index in [1.807, 2.05) is 17.0 Å². The summed E-state index contributed by atoms with van der Waals surface area (Å²) in [6, 6.07) is 7.57. The molecule has 0 spiro atoms. The van der Waals surface area contributed by atoms with Gasteiger partial charge < -0.3 is 9.64 Å². The van der Waals surface area contributed by atoms with Crippen molar-refractivity contribution in [2.45, 2.75) is 25.7 Å². The van der Waals surface area contributed by atoms with Crippen molar-refractivity contribution in [3.8, 4) is 11.8 Å².